The van der Waals surface area contributed by atoms with E-state index in [1.54, 1.807) is 19.1 Å². The van der Waals surface area contributed by atoms with Crippen LogP contribution in [0, 0.1) is 0 Å². The summed E-state index contributed by atoms with van der Waals surface area (Å²) in [6, 6.07) is 21.5. The van der Waals surface area contributed by atoms with Gasteiger partial charge in [-0.1, -0.05) is 54.2 Å². The smallest absolute Gasteiger partial charge is 0.264 e. The van der Waals surface area contributed by atoms with Crippen molar-refractivity contribution >= 4 is 35.3 Å². The van der Waals surface area contributed by atoms with Gasteiger partial charge in [0.25, 0.3) is 11.8 Å². The van der Waals surface area contributed by atoms with E-state index >= 15 is 0 Å². The number of anilines is 1. The predicted molar refractivity (Wildman–Crippen MR) is 136 cm³/mol. The van der Waals surface area contributed by atoms with Gasteiger partial charge in [0.1, 0.15) is 5.75 Å². The molecule has 0 bridgehead atoms. The Morgan fingerprint density at radius 2 is 1.91 bits per heavy atom. The van der Waals surface area contributed by atoms with Crippen molar-refractivity contribution in [1.29, 1.82) is 0 Å². The van der Waals surface area contributed by atoms with Gasteiger partial charge in [-0.2, -0.15) is 0 Å². The highest BCUT2D eigenvalue weighted by Crippen LogP contribution is 2.42. The van der Waals surface area contributed by atoms with Gasteiger partial charge in [0.2, 0.25) is 0 Å². The van der Waals surface area contributed by atoms with Gasteiger partial charge < -0.3 is 15.0 Å². The molecule has 1 aliphatic carbocycles. The number of benzene rings is 3. The molecule has 5 nitrogen and oxygen atoms in total. The summed E-state index contributed by atoms with van der Waals surface area (Å²) in [4.78, 5) is 29.4. The lowest BCUT2D eigenvalue weighted by atomic mass is 9.87. The van der Waals surface area contributed by atoms with E-state index in [4.69, 9.17) is 4.74 Å². The maximum Gasteiger partial charge on any atom is 0.264 e. The van der Waals surface area contributed by atoms with Crippen LogP contribution >= 0.6 is 11.8 Å². The van der Waals surface area contributed by atoms with Gasteiger partial charge in [0.05, 0.1) is 23.7 Å². The van der Waals surface area contributed by atoms with E-state index in [0.29, 0.717) is 16.2 Å². The number of likely N-dealkylation sites (N-methyl/N-ethyl adjacent to an activating group) is 1. The molecule has 3 aromatic rings. The van der Waals surface area contributed by atoms with E-state index in [1.807, 2.05) is 60.7 Å². The Bertz CT molecular complexity index is 1300. The Morgan fingerprint density at radius 3 is 2.76 bits per heavy atom. The number of thioether (sulfide) groups is 1. The minimum atomic E-state index is -0.120. The molecule has 1 unspecified atom stereocenters. The van der Waals surface area contributed by atoms with Crippen molar-refractivity contribution in [3.8, 4) is 5.75 Å². The summed E-state index contributed by atoms with van der Waals surface area (Å²) < 4.78 is 5.42. The normalized spacial score (nSPS) is 18.3. The zero-order chi connectivity index (χ0) is 23.7. The van der Waals surface area contributed by atoms with Gasteiger partial charge in [-0.05, 0) is 60.7 Å². The summed E-state index contributed by atoms with van der Waals surface area (Å²) in [7, 11) is 3.36. The van der Waals surface area contributed by atoms with Crippen molar-refractivity contribution in [1.82, 2.24) is 5.32 Å². The van der Waals surface area contributed by atoms with E-state index in [2.05, 4.69) is 17.4 Å². The highest BCUT2D eigenvalue weighted by atomic mass is 32.2. The Balaban J connectivity index is 1.39. The predicted octanol–water partition coefficient (Wildman–Crippen LogP) is 5.61. The maximum absolute atomic E-state index is 13.1. The van der Waals surface area contributed by atoms with Gasteiger partial charge in [-0.15, -0.1) is 0 Å². The molecule has 6 heteroatoms. The Morgan fingerprint density at radius 1 is 1.12 bits per heavy atom. The lowest BCUT2D eigenvalue weighted by Gasteiger charge is -2.28. The molecule has 1 aliphatic heterocycles. The molecule has 0 spiro atoms. The molecule has 0 saturated heterocycles. The number of aryl methyl sites for hydroxylation is 1. The molecular weight excluding hydrogens is 444 g/mol. The third kappa shape index (κ3) is 4.21. The number of para-hydroxylation sites is 1. The van der Waals surface area contributed by atoms with Crippen molar-refractivity contribution in [3.05, 3.63) is 93.9 Å². The monoisotopic (exact) mass is 470 g/mol. The van der Waals surface area contributed by atoms with Crippen molar-refractivity contribution in [2.24, 2.45) is 0 Å². The molecule has 1 N–H and O–H groups in total. The molecule has 0 radical (unpaired) electrons. The topological polar surface area (TPSA) is 58.6 Å². The lowest BCUT2D eigenvalue weighted by molar-refractivity contribution is -0.114. The summed E-state index contributed by atoms with van der Waals surface area (Å²) in [5, 5.41) is 3.20. The van der Waals surface area contributed by atoms with Gasteiger partial charge >= 0.3 is 0 Å². The second-order valence-corrected chi connectivity index (χ2v) is 9.60. The molecular formula is C28H26N2O3S. The van der Waals surface area contributed by atoms with Crippen LogP contribution < -0.4 is 15.0 Å². The van der Waals surface area contributed by atoms with Crippen LogP contribution in [0.5, 0.6) is 5.75 Å². The molecule has 3 aromatic carbocycles. The van der Waals surface area contributed by atoms with Crippen LogP contribution in [-0.2, 0) is 11.2 Å². The minimum Gasteiger partial charge on any atom is -0.496 e. The number of ether oxygens (including phenoxy) is 1. The Kier molecular flexibility index (Phi) is 6.16. The molecule has 0 saturated carbocycles. The average Bonchev–Trinajstić information content (AvgIpc) is 2.87. The summed E-state index contributed by atoms with van der Waals surface area (Å²) in [6.45, 7) is 0. The number of hydrogen-bond acceptors (Lipinski definition) is 4. The number of hydrogen-bond donors (Lipinski definition) is 1. The van der Waals surface area contributed by atoms with Crippen molar-refractivity contribution in [2.45, 2.75) is 30.2 Å². The van der Waals surface area contributed by atoms with E-state index in [1.165, 1.54) is 22.9 Å². The number of nitrogens with zero attached hydrogens (tertiary/aromatic N) is 1. The quantitative estimate of drug-likeness (QED) is 0.504. The van der Waals surface area contributed by atoms with Gasteiger partial charge in [-0.3, -0.25) is 9.59 Å². The number of methoxy groups -OCH3 is 1. The molecule has 1 heterocycles. The fourth-order valence-corrected chi connectivity index (χ4v) is 5.69. The first-order chi connectivity index (χ1) is 16.5. The summed E-state index contributed by atoms with van der Waals surface area (Å²) in [5.74, 6) is 0.487. The molecule has 5 rings (SSSR count). The number of nitrogens with one attached hydrogen (secondary N) is 1. The van der Waals surface area contributed by atoms with Crippen molar-refractivity contribution in [2.75, 3.05) is 19.1 Å². The standard InChI is InChI=1S/C28H26N2O3S/c1-30-23-16-20(27(31)29-22-12-7-10-18-8-3-5-11-21(18)22)14-15-25(23)34-26(28(30)32)17-19-9-4-6-13-24(19)33-2/h3-6,8-9,11,13-17,22H,7,10,12H2,1-2H3,(H,29,31)/b26-17+. The fraction of sp³-hybridized carbons (Fsp3) is 0.214. The average molecular weight is 471 g/mol. The first-order valence-corrected chi connectivity index (χ1v) is 12.2. The fourth-order valence-electron chi connectivity index (χ4n) is 4.61. The first kappa shape index (κ1) is 22.3. The van der Waals surface area contributed by atoms with E-state index in [-0.39, 0.29) is 17.9 Å². The van der Waals surface area contributed by atoms with Crippen LogP contribution in [0.25, 0.3) is 6.08 Å². The second kappa shape index (κ2) is 9.39. The zero-order valence-corrected chi connectivity index (χ0v) is 20.0. The van der Waals surface area contributed by atoms with Crippen molar-refractivity contribution in [3.63, 3.8) is 0 Å². The number of amides is 2. The molecule has 1 atom stereocenters. The highest BCUT2D eigenvalue weighted by Gasteiger charge is 2.28. The maximum atomic E-state index is 13.1. The van der Waals surface area contributed by atoms with E-state index in [9.17, 15) is 9.59 Å². The summed E-state index contributed by atoms with van der Waals surface area (Å²) in [6.07, 6.45) is 4.89. The van der Waals surface area contributed by atoms with E-state index < -0.39 is 0 Å². The molecule has 2 aliphatic rings. The largest absolute Gasteiger partial charge is 0.496 e. The third-order valence-electron chi connectivity index (χ3n) is 6.42. The Labute approximate surface area is 203 Å². The number of fused-ring (bicyclic) bond motifs is 2. The zero-order valence-electron chi connectivity index (χ0n) is 19.2. The third-order valence-corrected chi connectivity index (χ3v) is 7.50. The Hall–Kier alpha value is -3.51. The number of carbonyl (C=O) groups excluding carboxylic acids is 2. The summed E-state index contributed by atoms with van der Waals surface area (Å²) in [5.41, 5.74) is 4.65. The molecule has 2 amide bonds. The second-order valence-electron chi connectivity index (χ2n) is 8.52. The summed E-state index contributed by atoms with van der Waals surface area (Å²) >= 11 is 1.41. The van der Waals surface area contributed by atoms with E-state index in [0.717, 1.165) is 35.4 Å². The van der Waals surface area contributed by atoms with Crippen LogP contribution in [0.2, 0.25) is 0 Å². The molecule has 0 fully saturated rings. The van der Waals surface area contributed by atoms with Crippen LogP contribution in [0.1, 0.15) is 45.9 Å². The molecule has 34 heavy (non-hydrogen) atoms. The number of rotatable bonds is 4. The molecule has 0 aromatic heterocycles. The minimum absolute atomic E-state index is 0.0117. The van der Waals surface area contributed by atoms with Crippen LogP contribution in [-0.4, -0.2) is 26.0 Å². The van der Waals surface area contributed by atoms with Crippen LogP contribution in [0.15, 0.2) is 76.5 Å². The molecule has 172 valence electrons. The van der Waals surface area contributed by atoms with Gasteiger partial charge in [0, 0.05) is 23.1 Å². The highest BCUT2D eigenvalue weighted by molar-refractivity contribution is 8.04. The van der Waals surface area contributed by atoms with Crippen molar-refractivity contribution < 1.29 is 14.3 Å². The lowest BCUT2D eigenvalue weighted by Crippen LogP contribution is -2.32. The first-order valence-electron chi connectivity index (χ1n) is 11.4. The SMILES string of the molecule is COc1ccccc1/C=C1/Sc2ccc(C(=O)NC3CCCc4ccccc43)cc2N(C)C1=O. The van der Waals surface area contributed by atoms with Gasteiger partial charge in [0.15, 0.2) is 0 Å². The van der Waals surface area contributed by atoms with Crippen LogP contribution in [0.3, 0.4) is 0 Å². The van der Waals surface area contributed by atoms with Gasteiger partial charge in [-0.25, -0.2) is 0 Å². The number of carbonyl (C=O) groups is 2. The van der Waals surface area contributed by atoms with Crippen LogP contribution in [0.4, 0.5) is 5.69 Å².